The van der Waals surface area contributed by atoms with Gasteiger partial charge in [-0.3, -0.25) is 0 Å². The lowest BCUT2D eigenvalue weighted by Crippen LogP contribution is -2.10. The molecule has 3 heteroatoms. The number of thiocarbonyl (C=S) groups is 1. The number of furan rings is 1. The van der Waals surface area contributed by atoms with E-state index in [4.69, 9.17) is 22.4 Å². The van der Waals surface area contributed by atoms with Crippen LogP contribution in [-0.4, -0.2) is 4.99 Å². The second kappa shape index (κ2) is 2.84. The SMILES string of the molecule is Cc1ccc(CC(N)=S)o1. The molecule has 54 valence electrons. The lowest BCUT2D eigenvalue weighted by Gasteiger charge is -1.90. The highest BCUT2D eigenvalue weighted by Crippen LogP contribution is 2.06. The van der Waals surface area contributed by atoms with Crippen LogP contribution >= 0.6 is 12.2 Å². The quantitative estimate of drug-likeness (QED) is 0.656. The molecule has 0 aliphatic carbocycles. The average Bonchev–Trinajstić information content (AvgIpc) is 2.13. The Kier molecular flexibility index (Phi) is 2.06. The highest BCUT2D eigenvalue weighted by molar-refractivity contribution is 7.80. The Balaban J connectivity index is 2.67. The van der Waals surface area contributed by atoms with E-state index in [1.54, 1.807) is 0 Å². The van der Waals surface area contributed by atoms with Crippen molar-refractivity contribution in [1.29, 1.82) is 0 Å². The van der Waals surface area contributed by atoms with Gasteiger partial charge in [0, 0.05) is 0 Å². The summed E-state index contributed by atoms with van der Waals surface area (Å²) in [5, 5.41) is 0. The molecule has 0 radical (unpaired) electrons. The first-order valence-corrected chi connectivity index (χ1v) is 3.43. The number of hydrogen-bond donors (Lipinski definition) is 1. The van der Waals surface area contributed by atoms with Gasteiger partial charge in [0.1, 0.15) is 11.5 Å². The van der Waals surface area contributed by atoms with Gasteiger partial charge in [-0.05, 0) is 19.1 Å². The van der Waals surface area contributed by atoms with Gasteiger partial charge in [-0.1, -0.05) is 12.2 Å². The van der Waals surface area contributed by atoms with Gasteiger partial charge in [0.2, 0.25) is 0 Å². The molecule has 0 aliphatic rings. The number of nitrogens with two attached hydrogens (primary N) is 1. The molecule has 1 aromatic heterocycles. The standard InChI is InChI=1S/C7H9NOS/c1-5-2-3-6(9-5)4-7(8)10/h2-3H,4H2,1H3,(H2,8,10). The third-order valence-electron chi connectivity index (χ3n) is 1.14. The van der Waals surface area contributed by atoms with Crippen molar-refractivity contribution < 1.29 is 4.42 Å². The summed E-state index contributed by atoms with van der Waals surface area (Å²) >= 11 is 4.70. The first kappa shape index (κ1) is 7.28. The second-order valence-corrected chi connectivity index (χ2v) is 2.68. The molecule has 0 unspecified atom stereocenters. The van der Waals surface area contributed by atoms with Crippen molar-refractivity contribution in [3.05, 3.63) is 23.7 Å². The van der Waals surface area contributed by atoms with Crippen LogP contribution in [-0.2, 0) is 6.42 Å². The molecule has 2 nitrogen and oxygen atoms in total. The van der Waals surface area contributed by atoms with Crippen molar-refractivity contribution in [2.75, 3.05) is 0 Å². The summed E-state index contributed by atoms with van der Waals surface area (Å²) in [6.45, 7) is 1.89. The highest BCUT2D eigenvalue weighted by atomic mass is 32.1. The Morgan fingerprint density at radius 1 is 1.70 bits per heavy atom. The summed E-state index contributed by atoms with van der Waals surface area (Å²) in [6, 6.07) is 3.78. The zero-order valence-electron chi connectivity index (χ0n) is 5.76. The molecule has 0 aromatic carbocycles. The maximum absolute atomic E-state index is 5.31. The normalized spacial score (nSPS) is 9.70. The van der Waals surface area contributed by atoms with Crippen LogP contribution in [0.1, 0.15) is 11.5 Å². The monoisotopic (exact) mass is 155 g/mol. The zero-order chi connectivity index (χ0) is 7.56. The summed E-state index contributed by atoms with van der Waals surface area (Å²) < 4.78 is 5.23. The van der Waals surface area contributed by atoms with Gasteiger partial charge in [0.15, 0.2) is 0 Å². The summed E-state index contributed by atoms with van der Waals surface area (Å²) in [6.07, 6.45) is 0.559. The summed E-state index contributed by atoms with van der Waals surface area (Å²) in [5.41, 5.74) is 5.31. The molecule has 0 fully saturated rings. The molecule has 0 saturated heterocycles. The van der Waals surface area contributed by atoms with E-state index in [1.165, 1.54) is 0 Å². The minimum atomic E-state index is 0.467. The second-order valence-electron chi connectivity index (χ2n) is 2.16. The van der Waals surface area contributed by atoms with Crippen LogP contribution in [0.2, 0.25) is 0 Å². The van der Waals surface area contributed by atoms with Crippen LogP contribution in [0.3, 0.4) is 0 Å². The van der Waals surface area contributed by atoms with Gasteiger partial charge in [0.05, 0.1) is 11.4 Å². The van der Waals surface area contributed by atoms with Crippen LogP contribution in [0, 0.1) is 6.92 Å². The van der Waals surface area contributed by atoms with E-state index < -0.39 is 0 Å². The Labute approximate surface area is 65.0 Å². The average molecular weight is 155 g/mol. The fourth-order valence-electron chi connectivity index (χ4n) is 0.752. The van der Waals surface area contributed by atoms with Crippen molar-refractivity contribution in [3.63, 3.8) is 0 Å². The molecule has 0 atom stereocenters. The van der Waals surface area contributed by atoms with Crippen molar-refractivity contribution in [2.24, 2.45) is 5.73 Å². The zero-order valence-corrected chi connectivity index (χ0v) is 6.57. The largest absolute Gasteiger partial charge is 0.466 e. The number of aryl methyl sites for hydroxylation is 1. The summed E-state index contributed by atoms with van der Waals surface area (Å²) in [4.78, 5) is 0.467. The fraction of sp³-hybridized carbons (Fsp3) is 0.286. The topological polar surface area (TPSA) is 39.2 Å². The molecule has 0 amide bonds. The third-order valence-corrected chi connectivity index (χ3v) is 1.29. The van der Waals surface area contributed by atoms with Gasteiger partial charge >= 0.3 is 0 Å². The molecule has 0 aliphatic heterocycles. The van der Waals surface area contributed by atoms with Crippen molar-refractivity contribution >= 4 is 17.2 Å². The van der Waals surface area contributed by atoms with Crippen molar-refractivity contribution in [1.82, 2.24) is 0 Å². The molecule has 0 bridgehead atoms. The Morgan fingerprint density at radius 3 is 2.80 bits per heavy atom. The van der Waals surface area contributed by atoms with Crippen LogP contribution in [0.4, 0.5) is 0 Å². The lowest BCUT2D eigenvalue weighted by molar-refractivity contribution is 0.498. The molecule has 10 heavy (non-hydrogen) atoms. The highest BCUT2D eigenvalue weighted by Gasteiger charge is 1.98. The van der Waals surface area contributed by atoms with E-state index in [0.717, 1.165) is 11.5 Å². The Bertz CT molecular complexity index is 242. The molecule has 2 N–H and O–H groups in total. The van der Waals surface area contributed by atoms with E-state index in [9.17, 15) is 0 Å². The van der Waals surface area contributed by atoms with Crippen LogP contribution in [0.25, 0.3) is 0 Å². The fourth-order valence-corrected chi connectivity index (χ4v) is 0.894. The van der Waals surface area contributed by atoms with Gasteiger partial charge in [-0.25, -0.2) is 0 Å². The first-order chi connectivity index (χ1) is 4.68. The Hall–Kier alpha value is -0.830. The smallest absolute Gasteiger partial charge is 0.110 e. The third kappa shape index (κ3) is 1.84. The first-order valence-electron chi connectivity index (χ1n) is 3.02. The minimum absolute atomic E-state index is 0.467. The lowest BCUT2D eigenvalue weighted by atomic mass is 10.3. The molecular weight excluding hydrogens is 146 g/mol. The summed E-state index contributed by atoms with van der Waals surface area (Å²) in [7, 11) is 0. The van der Waals surface area contributed by atoms with Crippen molar-refractivity contribution in [2.45, 2.75) is 13.3 Å². The van der Waals surface area contributed by atoms with Gasteiger partial charge in [-0.2, -0.15) is 0 Å². The van der Waals surface area contributed by atoms with E-state index >= 15 is 0 Å². The van der Waals surface area contributed by atoms with Crippen LogP contribution in [0.5, 0.6) is 0 Å². The molecule has 1 rings (SSSR count). The van der Waals surface area contributed by atoms with Gasteiger partial charge in [0.25, 0.3) is 0 Å². The van der Waals surface area contributed by atoms with E-state index in [1.807, 2.05) is 19.1 Å². The summed E-state index contributed by atoms with van der Waals surface area (Å²) in [5.74, 6) is 1.73. The number of hydrogen-bond acceptors (Lipinski definition) is 2. The molecule has 0 saturated carbocycles. The van der Waals surface area contributed by atoms with E-state index in [2.05, 4.69) is 0 Å². The predicted octanol–water partition coefficient (Wildman–Crippen LogP) is 1.42. The van der Waals surface area contributed by atoms with E-state index in [0.29, 0.717) is 11.4 Å². The molecular formula is C7H9NOS. The van der Waals surface area contributed by atoms with Gasteiger partial charge in [-0.15, -0.1) is 0 Å². The molecule has 1 heterocycles. The number of rotatable bonds is 2. The Morgan fingerprint density at radius 2 is 2.40 bits per heavy atom. The van der Waals surface area contributed by atoms with Crippen LogP contribution in [0.15, 0.2) is 16.5 Å². The maximum atomic E-state index is 5.31. The predicted molar refractivity (Wildman–Crippen MR) is 43.9 cm³/mol. The van der Waals surface area contributed by atoms with Crippen LogP contribution < -0.4 is 5.73 Å². The van der Waals surface area contributed by atoms with Crippen molar-refractivity contribution in [3.8, 4) is 0 Å². The molecule has 0 spiro atoms. The van der Waals surface area contributed by atoms with E-state index in [-0.39, 0.29) is 0 Å². The molecule has 1 aromatic rings. The maximum Gasteiger partial charge on any atom is 0.110 e. The minimum Gasteiger partial charge on any atom is -0.466 e. The van der Waals surface area contributed by atoms with Gasteiger partial charge < -0.3 is 10.2 Å².